The van der Waals surface area contributed by atoms with Gasteiger partial charge in [-0.1, -0.05) is 20.8 Å². The van der Waals surface area contributed by atoms with Gasteiger partial charge < -0.3 is 4.90 Å². The summed E-state index contributed by atoms with van der Waals surface area (Å²) in [5.41, 5.74) is 3.09. The predicted octanol–water partition coefficient (Wildman–Crippen LogP) is 3.42. The monoisotopic (exact) mass is 362 g/mol. The molecule has 7 heteroatoms. The van der Waals surface area contributed by atoms with Crippen LogP contribution in [-0.4, -0.2) is 31.7 Å². The summed E-state index contributed by atoms with van der Waals surface area (Å²) >= 11 is 0. The first-order chi connectivity index (χ1) is 11.7. The Labute approximate surface area is 149 Å². The Hall–Kier alpha value is -2.02. The fourth-order valence-electron chi connectivity index (χ4n) is 3.26. The minimum absolute atomic E-state index is 0.196. The lowest BCUT2D eigenvalue weighted by atomic mass is 9.92. The van der Waals surface area contributed by atoms with E-state index in [0.29, 0.717) is 11.4 Å². The van der Waals surface area contributed by atoms with E-state index in [1.165, 1.54) is 24.7 Å². The first kappa shape index (κ1) is 17.8. The van der Waals surface area contributed by atoms with Crippen LogP contribution in [0.4, 0.5) is 11.4 Å². The van der Waals surface area contributed by atoms with Crippen molar-refractivity contribution in [2.24, 2.45) is 0 Å². The summed E-state index contributed by atoms with van der Waals surface area (Å²) in [5.74, 6) is 0. The maximum absolute atomic E-state index is 12.8. The lowest BCUT2D eigenvalue weighted by Gasteiger charge is -2.21. The van der Waals surface area contributed by atoms with Crippen LogP contribution >= 0.6 is 0 Å². The quantitative estimate of drug-likeness (QED) is 0.874. The van der Waals surface area contributed by atoms with E-state index in [1.807, 2.05) is 45.9 Å². The maximum Gasteiger partial charge on any atom is 0.265 e. The van der Waals surface area contributed by atoms with Gasteiger partial charge in [0, 0.05) is 29.9 Å². The number of hydrogen-bond donors (Lipinski definition) is 2. The zero-order chi connectivity index (χ0) is 18.2. The number of aromatic amines is 1. The molecule has 0 bridgehead atoms. The fraction of sp³-hybridized carbons (Fsp3) is 0.500. The van der Waals surface area contributed by atoms with Crippen molar-refractivity contribution in [3.63, 3.8) is 0 Å². The smallest absolute Gasteiger partial charge is 0.265 e. The number of sulfonamides is 1. The Kier molecular flexibility index (Phi) is 4.53. The van der Waals surface area contributed by atoms with E-state index >= 15 is 0 Å². The van der Waals surface area contributed by atoms with E-state index < -0.39 is 10.0 Å². The van der Waals surface area contributed by atoms with Gasteiger partial charge in [0.05, 0.1) is 11.9 Å². The zero-order valence-electron chi connectivity index (χ0n) is 15.3. The third kappa shape index (κ3) is 3.66. The Morgan fingerprint density at radius 3 is 2.48 bits per heavy atom. The van der Waals surface area contributed by atoms with E-state index in [4.69, 9.17) is 0 Å². The van der Waals surface area contributed by atoms with Crippen LogP contribution in [0.15, 0.2) is 29.3 Å². The molecule has 0 radical (unpaired) electrons. The van der Waals surface area contributed by atoms with Gasteiger partial charge in [0.25, 0.3) is 10.0 Å². The molecular weight excluding hydrogens is 336 g/mol. The highest BCUT2D eigenvalue weighted by Crippen LogP contribution is 2.30. The third-order valence-corrected chi connectivity index (χ3v) is 5.93. The summed E-state index contributed by atoms with van der Waals surface area (Å²) in [6.45, 7) is 10.0. The minimum Gasteiger partial charge on any atom is -0.371 e. The molecule has 0 aliphatic carbocycles. The van der Waals surface area contributed by atoms with Crippen molar-refractivity contribution >= 4 is 21.4 Å². The number of rotatable bonds is 4. The normalized spacial score (nSPS) is 15.6. The van der Waals surface area contributed by atoms with Gasteiger partial charge in [-0.05, 0) is 43.5 Å². The average molecular weight is 362 g/mol. The summed E-state index contributed by atoms with van der Waals surface area (Å²) in [4.78, 5) is 2.54. The lowest BCUT2D eigenvalue weighted by Crippen LogP contribution is -2.21. The molecule has 25 heavy (non-hydrogen) atoms. The summed E-state index contributed by atoms with van der Waals surface area (Å²) in [5, 5.41) is 6.75. The first-order valence-electron chi connectivity index (χ1n) is 8.61. The molecule has 1 aromatic heterocycles. The summed E-state index contributed by atoms with van der Waals surface area (Å²) in [6, 6.07) is 5.72. The van der Waals surface area contributed by atoms with Crippen LogP contribution in [0.1, 0.15) is 44.9 Å². The second-order valence-corrected chi connectivity index (χ2v) is 9.31. The molecule has 136 valence electrons. The van der Waals surface area contributed by atoms with Gasteiger partial charge in [0.15, 0.2) is 0 Å². The molecule has 1 fully saturated rings. The highest BCUT2D eigenvalue weighted by Gasteiger charge is 2.28. The van der Waals surface area contributed by atoms with Gasteiger partial charge in [0.2, 0.25) is 0 Å². The van der Waals surface area contributed by atoms with Crippen LogP contribution in [0, 0.1) is 6.92 Å². The number of hydrogen-bond acceptors (Lipinski definition) is 4. The van der Waals surface area contributed by atoms with E-state index in [0.717, 1.165) is 18.7 Å². The summed E-state index contributed by atoms with van der Waals surface area (Å²) in [7, 11) is -3.69. The molecule has 2 heterocycles. The van der Waals surface area contributed by atoms with Gasteiger partial charge >= 0.3 is 0 Å². The van der Waals surface area contributed by atoms with Gasteiger partial charge in [-0.25, -0.2) is 8.42 Å². The molecule has 6 nitrogen and oxygen atoms in total. The molecule has 0 saturated carbocycles. The summed E-state index contributed by atoms with van der Waals surface area (Å²) < 4.78 is 28.3. The number of benzene rings is 1. The number of H-pyrrole nitrogens is 1. The number of nitrogens with one attached hydrogen (secondary N) is 2. The minimum atomic E-state index is -3.69. The number of aromatic nitrogens is 2. The van der Waals surface area contributed by atoms with Crippen LogP contribution in [0.25, 0.3) is 0 Å². The van der Waals surface area contributed by atoms with Crippen molar-refractivity contribution in [2.45, 2.75) is 50.8 Å². The van der Waals surface area contributed by atoms with Crippen molar-refractivity contribution in [1.82, 2.24) is 10.2 Å². The second-order valence-electron chi connectivity index (χ2n) is 7.66. The van der Waals surface area contributed by atoms with Gasteiger partial charge in [-0.15, -0.1) is 0 Å². The van der Waals surface area contributed by atoms with Crippen LogP contribution in [-0.2, 0) is 15.4 Å². The average Bonchev–Trinajstić information content (AvgIpc) is 3.18. The Morgan fingerprint density at radius 1 is 1.20 bits per heavy atom. The second kappa shape index (κ2) is 6.37. The van der Waals surface area contributed by atoms with E-state index in [1.54, 1.807) is 0 Å². The van der Waals surface area contributed by atoms with Crippen LogP contribution < -0.4 is 9.62 Å². The number of nitrogens with zero attached hydrogens (tertiary/aromatic N) is 2. The van der Waals surface area contributed by atoms with E-state index in [-0.39, 0.29) is 10.3 Å². The standard InChI is InChI=1S/C18H26N4O2S/c1-13-11-14(7-8-15(13)22-9-5-6-10-22)21-25(23,24)16-12-19-20-17(16)18(2,3)4/h7-8,11-12,21H,5-6,9-10H2,1-4H3,(H,19,20). The van der Waals surface area contributed by atoms with Crippen molar-refractivity contribution in [1.29, 1.82) is 0 Å². The Balaban J connectivity index is 1.87. The van der Waals surface area contributed by atoms with Crippen LogP contribution in [0.5, 0.6) is 0 Å². The third-order valence-electron chi connectivity index (χ3n) is 4.54. The SMILES string of the molecule is Cc1cc(NS(=O)(=O)c2cn[nH]c2C(C)(C)C)ccc1N1CCCC1. The van der Waals surface area contributed by atoms with E-state index in [2.05, 4.69) is 19.8 Å². The topological polar surface area (TPSA) is 78.1 Å². The van der Waals surface area contributed by atoms with Crippen molar-refractivity contribution in [3.8, 4) is 0 Å². The fourth-order valence-corrected chi connectivity index (χ4v) is 4.62. The van der Waals surface area contributed by atoms with Gasteiger partial charge in [0.1, 0.15) is 4.90 Å². The number of aryl methyl sites for hydroxylation is 1. The molecular formula is C18H26N4O2S. The zero-order valence-corrected chi connectivity index (χ0v) is 16.1. The molecule has 2 aromatic rings. The maximum atomic E-state index is 12.8. The highest BCUT2D eigenvalue weighted by atomic mass is 32.2. The van der Waals surface area contributed by atoms with Crippen molar-refractivity contribution in [3.05, 3.63) is 35.7 Å². The predicted molar refractivity (Wildman–Crippen MR) is 101 cm³/mol. The highest BCUT2D eigenvalue weighted by molar-refractivity contribution is 7.92. The molecule has 0 spiro atoms. The molecule has 1 saturated heterocycles. The molecule has 3 rings (SSSR count). The molecule has 0 amide bonds. The molecule has 1 aromatic carbocycles. The molecule has 0 unspecified atom stereocenters. The van der Waals surface area contributed by atoms with Gasteiger partial charge in [-0.3, -0.25) is 9.82 Å². The first-order valence-corrected chi connectivity index (χ1v) is 10.1. The molecule has 1 aliphatic rings. The molecule has 1 aliphatic heterocycles. The molecule has 2 N–H and O–H groups in total. The Morgan fingerprint density at radius 2 is 1.88 bits per heavy atom. The van der Waals surface area contributed by atoms with Crippen molar-refractivity contribution < 1.29 is 8.42 Å². The van der Waals surface area contributed by atoms with Crippen LogP contribution in [0.2, 0.25) is 0 Å². The molecule has 0 atom stereocenters. The van der Waals surface area contributed by atoms with Crippen molar-refractivity contribution in [2.75, 3.05) is 22.7 Å². The number of anilines is 2. The lowest BCUT2D eigenvalue weighted by molar-refractivity contribution is 0.547. The van der Waals surface area contributed by atoms with E-state index in [9.17, 15) is 8.42 Å². The van der Waals surface area contributed by atoms with Gasteiger partial charge in [-0.2, -0.15) is 5.10 Å². The Bertz CT molecular complexity index is 859. The largest absolute Gasteiger partial charge is 0.371 e. The van der Waals surface area contributed by atoms with Crippen LogP contribution in [0.3, 0.4) is 0 Å². The summed E-state index contributed by atoms with van der Waals surface area (Å²) in [6.07, 6.45) is 3.79.